The number of nitrogens with zero attached hydrogens (tertiary/aromatic N) is 6. The number of ether oxygens (including phenoxy) is 2. The number of nitrogens with one attached hydrogen (secondary N) is 1. The Morgan fingerprint density at radius 1 is 1.00 bits per heavy atom. The predicted octanol–water partition coefficient (Wildman–Crippen LogP) is 4.19. The molecule has 1 fully saturated rings. The zero-order valence-electron chi connectivity index (χ0n) is 24.0. The van der Waals surface area contributed by atoms with Crippen molar-refractivity contribution < 1.29 is 17.9 Å². The minimum Gasteiger partial charge on any atom is -0.475 e. The van der Waals surface area contributed by atoms with Gasteiger partial charge in [0.25, 0.3) is 10.0 Å². The molecule has 0 saturated carbocycles. The highest BCUT2D eigenvalue weighted by atomic mass is 32.2. The molecule has 1 spiro atoms. The molecule has 0 bridgehead atoms. The Morgan fingerprint density at radius 3 is 2.68 bits per heavy atom. The van der Waals surface area contributed by atoms with Gasteiger partial charge in [-0.2, -0.15) is 10.2 Å². The Morgan fingerprint density at radius 2 is 1.84 bits per heavy atom. The first-order valence-electron chi connectivity index (χ1n) is 14.8. The van der Waals surface area contributed by atoms with Crippen LogP contribution in [-0.2, 0) is 40.6 Å². The van der Waals surface area contributed by atoms with E-state index in [4.69, 9.17) is 14.5 Å². The maximum Gasteiger partial charge on any atom is 0.269 e. The lowest BCUT2D eigenvalue weighted by molar-refractivity contribution is -0.0582. The van der Waals surface area contributed by atoms with Gasteiger partial charge in [-0.3, -0.25) is 4.68 Å². The molecule has 0 aliphatic carbocycles. The third kappa shape index (κ3) is 3.49. The van der Waals surface area contributed by atoms with E-state index < -0.39 is 15.6 Å². The summed E-state index contributed by atoms with van der Waals surface area (Å²) in [5.74, 6) is 0.547. The van der Waals surface area contributed by atoms with E-state index in [2.05, 4.69) is 21.6 Å². The Labute approximate surface area is 253 Å². The molecule has 2 aromatic carbocycles. The first-order chi connectivity index (χ1) is 21.5. The molecule has 1 N–H and O–H groups in total. The summed E-state index contributed by atoms with van der Waals surface area (Å²) in [7, 11) is -2.22. The smallest absolute Gasteiger partial charge is 0.269 e. The number of pyridine rings is 1. The van der Waals surface area contributed by atoms with Crippen molar-refractivity contribution in [1.29, 1.82) is 0 Å². The van der Waals surface area contributed by atoms with Crippen molar-refractivity contribution in [2.45, 2.75) is 36.5 Å². The van der Waals surface area contributed by atoms with E-state index >= 15 is 0 Å². The number of benzene rings is 2. The van der Waals surface area contributed by atoms with Gasteiger partial charge in [0.15, 0.2) is 5.65 Å². The minimum atomic E-state index is -4.13. The van der Waals surface area contributed by atoms with E-state index in [1.54, 1.807) is 41.3 Å². The third-order valence-corrected chi connectivity index (χ3v) is 11.0. The van der Waals surface area contributed by atoms with Crippen LogP contribution in [0.1, 0.15) is 24.0 Å². The number of rotatable bonds is 4. The summed E-state index contributed by atoms with van der Waals surface area (Å²) in [5.41, 5.74) is 5.52. The fourth-order valence-electron chi connectivity index (χ4n) is 7.25. The van der Waals surface area contributed by atoms with Gasteiger partial charge in [0, 0.05) is 40.7 Å². The minimum absolute atomic E-state index is 0.173. The molecule has 4 aromatic heterocycles. The summed E-state index contributed by atoms with van der Waals surface area (Å²) >= 11 is 0. The van der Waals surface area contributed by atoms with Gasteiger partial charge in [0.05, 0.1) is 52.8 Å². The Bertz CT molecular complexity index is 2220. The van der Waals surface area contributed by atoms with Crippen molar-refractivity contribution in [1.82, 2.24) is 33.8 Å². The zero-order chi connectivity index (χ0) is 29.6. The predicted molar refractivity (Wildman–Crippen MR) is 164 cm³/mol. The van der Waals surface area contributed by atoms with Crippen LogP contribution >= 0.6 is 0 Å². The molecule has 9 rings (SSSR count). The molecule has 7 heterocycles. The highest BCUT2D eigenvalue weighted by Crippen LogP contribution is 2.53. The highest BCUT2D eigenvalue weighted by molar-refractivity contribution is 7.90. The maximum absolute atomic E-state index is 14.8. The third-order valence-electron chi connectivity index (χ3n) is 9.29. The monoisotopic (exact) mass is 607 g/mol. The van der Waals surface area contributed by atoms with E-state index in [0.29, 0.717) is 42.5 Å². The fourth-order valence-corrected chi connectivity index (χ4v) is 8.76. The normalized spacial score (nSPS) is 17.4. The van der Waals surface area contributed by atoms with Gasteiger partial charge in [-0.1, -0.05) is 24.3 Å². The van der Waals surface area contributed by atoms with Crippen LogP contribution in [-0.4, -0.2) is 56.6 Å². The molecular formula is C32H29N7O4S. The molecule has 12 heteroatoms. The lowest BCUT2D eigenvalue weighted by Gasteiger charge is -2.34. The average molecular weight is 608 g/mol. The van der Waals surface area contributed by atoms with Crippen molar-refractivity contribution in [2.75, 3.05) is 19.7 Å². The number of aryl methyl sites for hydroxylation is 1. The molecule has 44 heavy (non-hydrogen) atoms. The van der Waals surface area contributed by atoms with Crippen LogP contribution < -0.4 is 10.1 Å². The van der Waals surface area contributed by atoms with E-state index in [0.717, 1.165) is 64.5 Å². The second-order valence-electron chi connectivity index (χ2n) is 11.7. The quantitative estimate of drug-likeness (QED) is 0.317. The maximum atomic E-state index is 14.8. The second kappa shape index (κ2) is 9.24. The Balaban J connectivity index is 1.48. The number of aromatic nitrogens is 6. The lowest BCUT2D eigenvalue weighted by Crippen LogP contribution is -2.39. The van der Waals surface area contributed by atoms with E-state index in [1.807, 2.05) is 36.1 Å². The van der Waals surface area contributed by atoms with Gasteiger partial charge < -0.3 is 14.8 Å². The molecule has 1 saturated heterocycles. The lowest BCUT2D eigenvalue weighted by atomic mass is 9.81. The van der Waals surface area contributed by atoms with Crippen molar-refractivity contribution in [3.63, 3.8) is 0 Å². The van der Waals surface area contributed by atoms with Crippen LogP contribution in [0.5, 0.6) is 5.88 Å². The highest BCUT2D eigenvalue weighted by Gasteiger charge is 2.45. The van der Waals surface area contributed by atoms with E-state index in [-0.39, 0.29) is 4.90 Å². The second-order valence-corrected chi connectivity index (χ2v) is 13.5. The first-order valence-corrected chi connectivity index (χ1v) is 16.2. The molecule has 3 aliphatic heterocycles. The van der Waals surface area contributed by atoms with Crippen LogP contribution in [0.25, 0.3) is 44.3 Å². The standard InChI is InChI=1S/C32H29N7O4S/c1-37-25-8-7-20(15-21(25)17-35-37)26-27-28-22(19-43-32(28)9-11-33-12-10-32)16-34-30(27)39(44(40,41)23-5-3-2-4-6-23)29(26)24-18-36-38-13-14-42-31(24)38/h2-8,15-18,33H,9-14,19H2,1H3. The van der Waals surface area contributed by atoms with Crippen LogP contribution in [0.4, 0.5) is 0 Å². The SMILES string of the molecule is Cn1ncc2cc(-c3c(-c4cnn5c4OCC5)n(S(=O)(=O)c4ccccc4)c4ncc5c(c34)C3(CCNCC3)OC5)ccc21. The fraction of sp³-hybridized carbons (Fsp3) is 0.281. The van der Waals surface area contributed by atoms with E-state index in [1.165, 1.54) is 3.97 Å². The number of hydrogen-bond donors (Lipinski definition) is 1. The molecule has 3 aliphatic rings. The van der Waals surface area contributed by atoms with Gasteiger partial charge in [-0.25, -0.2) is 22.1 Å². The van der Waals surface area contributed by atoms with Crippen molar-refractivity contribution >= 4 is 32.0 Å². The first kappa shape index (κ1) is 25.9. The van der Waals surface area contributed by atoms with Gasteiger partial charge >= 0.3 is 0 Å². The van der Waals surface area contributed by atoms with Crippen LogP contribution in [0, 0.1) is 0 Å². The molecule has 0 amide bonds. The Hall–Kier alpha value is -4.52. The number of hydrogen-bond acceptors (Lipinski definition) is 8. The van der Waals surface area contributed by atoms with Crippen LogP contribution in [0.15, 0.2) is 72.0 Å². The molecule has 6 aromatic rings. The average Bonchev–Trinajstić information content (AvgIpc) is 3.86. The number of piperidine rings is 1. The summed E-state index contributed by atoms with van der Waals surface area (Å²) in [6.07, 6.45) is 6.89. The van der Waals surface area contributed by atoms with Crippen molar-refractivity contribution in [2.24, 2.45) is 7.05 Å². The van der Waals surface area contributed by atoms with Gasteiger partial charge in [0.2, 0.25) is 5.88 Å². The summed E-state index contributed by atoms with van der Waals surface area (Å²) in [6.45, 7) is 3.10. The summed E-state index contributed by atoms with van der Waals surface area (Å²) < 4.78 is 47.3. The largest absolute Gasteiger partial charge is 0.475 e. The zero-order valence-corrected chi connectivity index (χ0v) is 24.8. The summed E-state index contributed by atoms with van der Waals surface area (Å²) in [6, 6.07) is 14.7. The summed E-state index contributed by atoms with van der Waals surface area (Å²) in [4.78, 5) is 5.08. The molecule has 0 atom stereocenters. The van der Waals surface area contributed by atoms with Gasteiger partial charge in [-0.05, 0) is 55.8 Å². The Kier molecular flexibility index (Phi) is 5.45. The topological polar surface area (TPSA) is 118 Å². The molecule has 11 nitrogen and oxygen atoms in total. The van der Waals surface area contributed by atoms with Crippen LogP contribution in [0.2, 0.25) is 0 Å². The van der Waals surface area contributed by atoms with Gasteiger partial charge in [-0.15, -0.1) is 0 Å². The molecule has 0 unspecified atom stereocenters. The van der Waals surface area contributed by atoms with Crippen LogP contribution in [0.3, 0.4) is 0 Å². The number of fused-ring (bicyclic) bond motifs is 6. The molecule has 222 valence electrons. The van der Waals surface area contributed by atoms with Gasteiger partial charge in [0.1, 0.15) is 6.61 Å². The summed E-state index contributed by atoms with van der Waals surface area (Å²) in [5, 5.41) is 14.3. The van der Waals surface area contributed by atoms with Crippen molar-refractivity contribution in [3.8, 4) is 28.3 Å². The molecule has 0 radical (unpaired) electrons. The van der Waals surface area contributed by atoms with E-state index in [9.17, 15) is 8.42 Å². The molecular weight excluding hydrogens is 578 g/mol. The van der Waals surface area contributed by atoms with Crippen molar-refractivity contribution in [3.05, 3.63) is 78.2 Å².